The van der Waals surface area contributed by atoms with E-state index in [0.717, 1.165) is 11.3 Å². The van der Waals surface area contributed by atoms with Crippen molar-refractivity contribution in [2.45, 2.75) is 60.3 Å². The molecule has 0 amide bonds. The molecule has 1 spiro atoms. The van der Waals surface area contributed by atoms with Crippen molar-refractivity contribution in [3.63, 3.8) is 0 Å². The van der Waals surface area contributed by atoms with E-state index in [9.17, 15) is 0 Å². The molecule has 1 saturated carbocycles. The Hall–Kier alpha value is -0.0400. The van der Waals surface area contributed by atoms with Crippen molar-refractivity contribution in [3.8, 4) is 0 Å². The largest absolute Gasteiger partial charge is 0.316 e. The van der Waals surface area contributed by atoms with Gasteiger partial charge in [-0.3, -0.25) is 0 Å². The highest BCUT2D eigenvalue weighted by Gasteiger charge is 2.39. The molecule has 2 fully saturated rings. The number of rotatable bonds is 0. The third kappa shape index (κ3) is 3.61. The molecule has 1 atom stereocenters. The van der Waals surface area contributed by atoms with E-state index >= 15 is 0 Å². The lowest BCUT2D eigenvalue weighted by Crippen LogP contribution is -2.47. The van der Waals surface area contributed by atoms with E-state index in [1.807, 2.05) is 27.7 Å². The third-order valence-electron chi connectivity index (χ3n) is 3.19. The summed E-state index contributed by atoms with van der Waals surface area (Å²) < 4.78 is 0. The van der Waals surface area contributed by atoms with Crippen molar-refractivity contribution in [1.82, 2.24) is 5.32 Å². The fraction of sp³-hybridized carbons (Fsp3) is 1.00. The van der Waals surface area contributed by atoms with E-state index in [-0.39, 0.29) is 0 Å². The van der Waals surface area contributed by atoms with Gasteiger partial charge in [-0.15, -0.1) is 0 Å². The van der Waals surface area contributed by atoms with Gasteiger partial charge in [-0.1, -0.05) is 41.0 Å². The van der Waals surface area contributed by atoms with Crippen LogP contribution in [0.3, 0.4) is 0 Å². The van der Waals surface area contributed by atoms with Crippen molar-refractivity contribution < 1.29 is 0 Å². The minimum absolute atomic E-state index is 0.762. The Morgan fingerprint density at radius 1 is 1.07 bits per heavy atom. The van der Waals surface area contributed by atoms with Gasteiger partial charge in [0.25, 0.3) is 0 Å². The lowest BCUT2D eigenvalue weighted by Gasteiger charge is -2.47. The predicted octanol–water partition coefficient (Wildman–Crippen LogP) is 3.84. The van der Waals surface area contributed by atoms with E-state index in [4.69, 9.17) is 0 Å². The first-order valence-corrected chi connectivity index (χ1v) is 6.52. The predicted molar refractivity (Wildman–Crippen MR) is 65.6 cm³/mol. The molecule has 1 saturated heterocycles. The average molecular weight is 199 g/mol. The quantitative estimate of drug-likeness (QED) is 0.625. The normalized spacial score (nSPS) is 27.6. The lowest BCUT2D eigenvalue weighted by atomic mass is 9.63. The topological polar surface area (TPSA) is 12.0 Å². The van der Waals surface area contributed by atoms with Gasteiger partial charge in [0, 0.05) is 6.54 Å². The lowest BCUT2D eigenvalue weighted by molar-refractivity contribution is 0.0678. The molecule has 0 aromatic rings. The highest BCUT2D eigenvalue weighted by Crippen LogP contribution is 2.46. The minimum Gasteiger partial charge on any atom is -0.316 e. The van der Waals surface area contributed by atoms with Crippen LogP contribution in [0, 0.1) is 11.3 Å². The maximum absolute atomic E-state index is 3.53. The molecule has 1 aliphatic carbocycles. The summed E-state index contributed by atoms with van der Waals surface area (Å²) in [5.41, 5.74) is 0.762. The molecule has 0 bridgehead atoms. The third-order valence-corrected chi connectivity index (χ3v) is 3.19. The van der Waals surface area contributed by atoms with Gasteiger partial charge in [-0.25, -0.2) is 0 Å². The van der Waals surface area contributed by atoms with E-state index in [2.05, 4.69) is 12.2 Å². The molecular formula is C13H29N. The van der Waals surface area contributed by atoms with Gasteiger partial charge in [-0.05, 0) is 37.1 Å². The highest BCUT2D eigenvalue weighted by molar-refractivity contribution is 4.93. The first kappa shape index (κ1) is 14.0. The van der Waals surface area contributed by atoms with Crippen LogP contribution in [0.2, 0.25) is 0 Å². The molecule has 1 heterocycles. The smallest absolute Gasteiger partial charge is 0.000803 e. The monoisotopic (exact) mass is 199 g/mol. The summed E-state index contributed by atoms with van der Waals surface area (Å²) in [4.78, 5) is 0. The Kier molecular flexibility index (Phi) is 7.26. The maximum atomic E-state index is 3.53. The summed E-state index contributed by atoms with van der Waals surface area (Å²) >= 11 is 0. The Bertz CT molecular complexity index is 127. The summed E-state index contributed by atoms with van der Waals surface area (Å²) in [7, 11) is 0. The van der Waals surface area contributed by atoms with Crippen LogP contribution in [0.4, 0.5) is 0 Å². The number of hydrogen-bond donors (Lipinski definition) is 1. The standard InChI is InChI=1S/C9H17N.2C2H6/c1-8-5-9(3-2-4-9)7-10-6-8;2*1-2/h8,10H,2-7H2,1H3;2*1-2H3. The van der Waals surface area contributed by atoms with Crippen LogP contribution in [-0.2, 0) is 0 Å². The van der Waals surface area contributed by atoms with Gasteiger partial charge >= 0.3 is 0 Å². The zero-order valence-electron chi connectivity index (χ0n) is 10.8. The summed E-state index contributed by atoms with van der Waals surface area (Å²) in [5.74, 6) is 0.925. The molecule has 2 aliphatic rings. The van der Waals surface area contributed by atoms with Crippen molar-refractivity contribution >= 4 is 0 Å². The van der Waals surface area contributed by atoms with Crippen LogP contribution in [0.1, 0.15) is 60.3 Å². The van der Waals surface area contributed by atoms with Gasteiger partial charge in [0.1, 0.15) is 0 Å². The molecule has 1 unspecified atom stereocenters. The maximum Gasteiger partial charge on any atom is 0.000803 e. The minimum atomic E-state index is 0.762. The summed E-state index contributed by atoms with van der Waals surface area (Å²) in [5, 5.41) is 3.53. The molecule has 86 valence electrons. The van der Waals surface area contributed by atoms with E-state index in [1.54, 1.807) is 0 Å². The Morgan fingerprint density at radius 3 is 1.93 bits per heavy atom. The van der Waals surface area contributed by atoms with Gasteiger partial charge in [0.2, 0.25) is 0 Å². The molecule has 1 N–H and O–H groups in total. The fourth-order valence-corrected chi connectivity index (χ4v) is 2.52. The van der Waals surface area contributed by atoms with Crippen LogP contribution < -0.4 is 5.32 Å². The first-order valence-electron chi connectivity index (χ1n) is 6.52. The molecule has 1 nitrogen and oxygen atoms in total. The molecule has 1 heteroatoms. The van der Waals surface area contributed by atoms with Gasteiger partial charge < -0.3 is 5.32 Å². The summed E-state index contributed by atoms with van der Waals surface area (Å²) in [6.07, 6.45) is 5.95. The Labute approximate surface area is 90.7 Å². The van der Waals surface area contributed by atoms with Gasteiger partial charge in [0.15, 0.2) is 0 Å². The molecule has 1 aliphatic heterocycles. The second kappa shape index (κ2) is 7.28. The molecule has 14 heavy (non-hydrogen) atoms. The van der Waals surface area contributed by atoms with Crippen LogP contribution in [0.25, 0.3) is 0 Å². The molecule has 0 aromatic heterocycles. The molecular weight excluding hydrogens is 170 g/mol. The Balaban J connectivity index is 0.000000379. The average Bonchev–Trinajstić information content (AvgIpc) is 2.22. The van der Waals surface area contributed by atoms with Crippen molar-refractivity contribution in [3.05, 3.63) is 0 Å². The zero-order chi connectivity index (χ0) is 11.0. The summed E-state index contributed by atoms with van der Waals surface area (Å²) in [6, 6.07) is 0. The zero-order valence-corrected chi connectivity index (χ0v) is 10.8. The van der Waals surface area contributed by atoms with Gasteiger partial charge in [0.05, 0.1) is 0 Å². The second-order valence-corrected chi connectivity index (χ2v) is 4.29. The number of nitrogens with one attached hydrogen (secondary N) is 1. The number of hydrogen-bond acceptors (Lipinski definition) is 1. The van der Waals surface area contributed by atoms with Gasteiger partial charge in [-0.2, -0.15) is 0 Å². The van der Waals surface area contributed by atoms with Crippen molar-refractivity contribution in [2.75, 3.05) is 13.1 Å². The second-order valence-electron chi connectivity index (χ2n) is 4.29. The molecule has 0 aromatic carbocycles. The van der Waals surface area contributed by atoms with Crippen LogP contribution in [-0.4, -0.2) is 13.1 Å². The van der Waals surface area contributed by atoms with Crippen LogP contribution >= 0.6 is 0 Å². The summed E-state index contributed by atoms with van der Waals surface area (Å²) in [6.45, 7) is 12.9. The molecule has 2 rings (SSSR count). The van der Waals surface area contributed by atoms with Crippen molar-refractivity contribution in [1.29, 1.82) is 0 Å². The number of piperidine rings is 1. The van der Waals surface area contributed by atoms with Crippen LogP contribution in [0.15, 0.2) is 0 Å². The van der Waals surface area contributed by atoms with E-state index in [0.29, 0.717) is 0 Å². The SMILES string of the molecule is CC.CC.CC1CNCC2(CCC2)C1. The van der Waals surface area contributed by atoms with E-state index in [1.165, 1.54) is 38.8 Å². The fourth-order valence-electron chi connectivity index (χ4n) is 2.52. The van der Waals surface area contributed by atoms with Crippen LogP contribution in [0.5, 0.6) is 0 Å². The molecule has 0 radical (unpaired) electrons. The highest BCUT2D eigenvalue weighted by atomic mass is 14.9. The van der Waals surface area contributed by atoms with E-state index < -0.39 is 0 Å². The van der Waals surface area contributed by atoms with Crippen molar-refractivity contribution in [2.24, 2.45) is 11.3 Å². The Morgan fingerprint density at radius 2 is 1.64 bits per heavy atom. The first-order chi connectivity index (χ1) is 6.81.